The standard InChI is InChI=1S/C8H9NS2/c1-9-4-7-6(5-11-9)2-3-8(7)10/h4-5H,2-3H2,1H3. The molecule has 58 valence electrons. The van der Waals surface area contributed by atoms with Crippen LogP contribution >= 0.6 is 24.2 Å². The molecule has 1 aliphatic carbocycles. The summed E-state index contributed by atoms with van der Waals surface area (Å²) in [4.78, 5) is 1.13. The number of nitrogens with zero attached hydrogens (tertiary/aromatic N) is 1. The van der Waals surface area contributed by atoms with E-state index in [1.807, 2.05) is 7.05 Å². The fourth-order valence-corrected chi connectivity index (χ4v) is 2.32. The first-order valence-electron chi connectivity index (χ1n) is 3.61. The van der Waals surface area contributed by atoms with E-state index in [0.717, 1.165) is 17.7 Å². The van der Waals surface area contributed by atoms with Crippen LogP contribution in [-0.2, 0) is 0 Å². The Hall–Kier alpha value is -0.280. The molecule has 0 radical (unpaired) electrons. The van der Waals surface area contributed by atoms with Gasteiger partial charge in [-0.2, -0.15) is 0 Å². The molecule has 2 rings (SSSR count). The Morgan fingerprint density at radius 1 is 1.55 bits per heavy atom. The zero-order chi connectivity index (χ0) is 7.84. The molecule has 1 nitrogen and oxygen atoms in total. The third-order valence-corrected chi connectivity index (χ3v) is 3.19. The fourth-order valence-electron chi connectivity index (χ4n) is 1.33. The third-order valence-electron chi connectivity index (χ3n) is 1.94. The predicted octanol–water partition coefficient (Wildman–Crippen LogP) is 2.51. The lowest BCUT2D eigenvalue weighted by Gasteiger charge is -2.17. The van der Waals surface area contributed by atoms with Gasteiger partial charge in [-0.15, -0.1) is 0 Å². The summed E-state index contributed by atoms with van der Waals surface area (Å²) >= 11 is 6.96. The van der Waals surface area contributed by atoms with Crippen LogP contribution in [-0.4, -0.2) is 16.2 Å². The van der Waals surface area contributed by atoms with Gasteiger partial charge in [0.25, 0.3) is 0 Å². The Labute approximate surface area is 76.3 Å². The maximum Gasteiger partial charge on any atom is 0.0245 e. The smallest absolute Gasteiger partial charge is 0.0245 e. The molecule has 0 saturated heterocycles. The molecule has 0 aromatic carbocycles. The Morgan fingerprint density at radius 3 is 3.18 bits per heavy atom. The van der Waals surface area contributed by atoms with Crippen molar-refractivity contribution in [2.75, 3.05) is 7.05 Å². The molecular weight excluding hydrogens is 174 g/mol. The van der Waals surface area contributed by atoms with Crippen molar-refractivity contribution in [2.45, 2.75) is 12.8 Å². The van der Waals surface area contributed by atoms with E-state index in [1.165, 1.54) is 11.1 Å². The van der Waals surface area contributed by atoms with Crippen molar-refractivity contribution in [2.24, 2.45) is 0 Å². The van der Waals surface area contributed by atoms with Crippen molar-refractivity contribution < 1.29 is 0 Å². The molecule has 1 heterocycles. The van der Waals surface area contributed by atoms with Gasteiger partial charge in [-0.1, -0.05) is 12.2 Å². The second-order valence-corrected chi connectivity index (χ2v) is 4.28. The van der Waals surface area contributed by atoms with Crippen molar-refractivity contribution in [1.82, 2.24) is 4.31 Å². The molecule has 0 unspecified atom stereocenters. The summed E-state index contributed by atoms with van der Waals surface area (Å²) in [5, 5.41) is 2.20. The topological polar surface area (TPSA) is 3.24 Å². The van der Waals surface area contributed by atoms with Gasteiger partial charge in [0.05, 0.1) is 0 Å². The first-order valence-corrected chi connectivity index (χ1v) is 4.86. The van der Waals surface area contributed by atoms with E-state index in [0.29, 0.717) is 0 Å². The highest BCUT2D eigenvalue weighted by Gasteiger charge is 2.21. The summed E-state index contributed by atoms with van der Waals surface area (Å²) in [7, 11) is 2.05. The van der Waals surface area contributed by atoms with E-state index in [-0.39, 0.29) is 0 Å². The lowest BCUT2D eigenvalue weighted by atomic mass is 10.2. The SMILES string of the molecule is CN1C=C2C(=S)CCC2=CS1. The van der Waals surface area contributed by atoms with Gasteiger partial charge in [0.1, 0.15) is 0 Å². The number of hydrogen-bond acceptors (Lipinski definition) is 3. The highest BCUT2D eigenvalue weighted by molar-refractivity contribution is 8.00. The molecule has 0 atom stereocenters. The highest BCUT2D eigenvalue weighted by Crippen LogP contribution is 2.35. The van der Waals surface area contributed by atoms with Gasteiger partial charge in [-0.25, -0.2) is 0 Å². The quantitative estimate of drug-likeness (QED) is 0.419. The van der Waals surface area contributed by atoms with Crippen molar-refractivity contribution in [3.05, 3.63) is 22.8 Å². The van der Waals surface area contributed by atoms with Gasteiger partial charge in [0.2, 0.25) is 0 Å². The van der Waals surface area contributed by atoms with E-state index in [2.05, 4.69) is 15.9 Å². The largest absolute Gasteiger partial charge is 0.322 e. The second kappa shape index (κ2) is 2.64. The summed E-state index contributed by atoms with van der Waals surface area (Å²) in [6, 6.07) is 0. The van der Waals surface area contributed by atoms with Crippen molar-refractivity contribution >= 4 is 29.0 Å². The maximum atomic E-state index is 5.22. The van der Waals surface area contributed by atoms with Crippen LogP contribution in [0.15, 0.2) is 22.8 Å². The van der Waals surface area contributed by atoms with Crippen LogP contribution in [0.2, 0.25) is 0 Å². The molecule has 1 fully saturated rings. The summed E-state index contributed by atoms with van der Waals surface area (Å²) in [6.45, 7) is 0. The molecule has 1 saturated carbocycles. The predicted molar refractivity (Wildman–Crippen MR) is 53.4 cm³/mol. The van der Waals surface area contributed by atoms with Crippen molar-refractivity contribution in [1.29, 1.82) is 0 Å². The van der Waals surface area contributed by atoms with Crippen LogP contribution in [0.1, 0.15) is 12.8 Å². The van der Waals surface area contributed by atoms with E-state index >= 15 is 0 Å². The van der Waals surface area contributed by atoms with Crippen LogP contribution < -0.4 is 0 Å². The zero-order valence-electron chi connectivity index (χ0n) is 6.33. The normalized spacial score (nSPS) is 23.0. The number of hydrogen-bond donors (Lipinski definition) is 0. The number of allylic oxidation sites excluding steroid dienone is 2. The van der Waals surface area contributed by atoms with Gasteiger partial charge in [0.15, 0.2) is 0 Å². The van der Waals surface area contributed by atoms with E-state index in [4.69, 9.17) is 12.2 Å². The average Bonchev–Trinajstić information content (AvgIpc) is 2.33. The Morgan fingerprint density at radius 2 is 2.36 bits per heavy atom. The van der Waals surface area contributed by atoms with Gasteiger partial charge in [0, 0.05) is 23.7 Å². The molecule has 0 bridgehead atoms. The highest BCUT2D eigenvalue weighted by atomic mass is 32.2. The monoisotopic (exact) mass is 183 g/mol. The maximum absolute atomic E-state index is 5.22. The summed E-state index contributed by atoms with van der Waals surface area (Å²) in [6.07, 6.45) is 4.35. The first-order chi connectivity index (χ1) is 5.27. The Balaban J connectivity index is 2.37. The molecule has 11 heavy (non-hydrogen) atoms. The minimum atomic E-state index is 1.07. The molecule has 1 aliphatic heterocycles. The fraction of sp³-hybridized carbons (Fsp3) is 0.375. The van der Waals surface area contributed by atoms with Crippen LogP contribution in [0.3, 0.4) is 0 Å². The van der Waals surface area contributed by atoms with Crippen LogP contribution in [0.4, 0.5) is 0 Å². The molecule has 3 heteroatoms. The molecular formula is C8H9NS2. The number of rotatable bonds is 0. The molecule has 0 N–H and O–H groups in total. The van der Waals surface area contributed by atoms with E-state index in [1.54, 1.807) is 11.9 Å². The lowest BCUT2D eigenvalue weighted by Crippen LogP contribution is -2.05. The second-order valence-electron chi connectivity index (χ2n) is 2.76. The molecule has 0 aromatic rings. The summed E-state index contributed by atoms with van der Waals surface area (Å²) < 4.78 is 2.09. The molecule has 0 amide bonds. The van der Waals surface area contributed by atoms with Gasteiger partial charge in [-0.3, -0.25) is 0 Å². The van der Waals surface area contributed by atoms with Crippen molar-refractivity contribution in [3.8, 4) is 0 Å². The van der Waals surface area contributed by atoms with Crippen LogP contribution in [0, 0.1) is 0 Å². The first kappa shape index (κ1) is 7.37. The van der Waals surface area contributed by atoms with Gasteiger partial charge >= 0.3 is 0 Å². The van der Waals surface area contributed by atoms with E-state index < -0.39 is 0 Å². The lowest BCUT2D eigenvalue weighted by molar-refractivity contribution is 0.771. The zero-order valence-corrected chi connectivity index (χ0v) is 7.97. The average molecular weight is 183 g/mol. The molecule has 2 aliphatic rings. The van der Waals surface area contributed by atoms with Crippen LogP contribution in [0.25, 0.3) is 0 Å². The minimum Gasteiger partial charge on any atom is -0.322 e. The van der Waals surface area contributed by atoms with Gasteiger partial charge < -0.3 is 4.31 Å². The molecule has 0 spiro atoms. The summed E-state index contributed by atoms with van der Waals surface area (Å²) in [5.74, 6) is 0. The van der Waals surface area contributed by atoms with E-state index in [9.17, 15) is 0 Å². The third kappa shape index (κ3) is 1.23. The number of thiocarbonyl (C=S) groups is 1. The number of fused-ring (bicyclic) bond motifs is 1. The van der Waals surface area contributed by atoms with Gasteiger partial charge in [-0.05, 0) is 35.8 Å². The molecule has 0 aromatic heterocycles. The van der Waals surface area contributed by atoms with Crippen LogP contribution in [0.5, 0.6) is 0 Å². The Bertz CT molecular complexity index is 265. The van der Waals surface area contributed by atoms with Crippen molar-refractivity contribution in [3.63, 3.8) is 0 Å². The Kier molecular flexibility index (Phi) is 1.77. The minimum absolute atomic E-state index is 1.07. The summed E-state index contributed by atoms with van der Waals surface area (Å²) in [5.41, 5.74) is 2.72.